The molecule has 0 N–H and O–H groups in total. The number of nitrogens with zero attached hydrogens (tertiary/aromatic N) is 2. The van der Waals surface area contributed by atoms with Gasteiger partial charge in [0.15, 0.2) is 0 Å². The van der Waals surface area contributed by atoms with Crippen LogP contribution in [0.25, 0.3) is 51.5 Å². The van der Waals surface area contributed by atoms with Crippen LogP contribution in [0, 0.1) is 23.3 Å². The van der Waals surface area contributed by atoms with Crippen LogP contribution in [0.2, 0.25) is 0 Å². The molecular weight excluding hydrogens is 985 g/mol. The van der Waals surface area contributed by atoms with Crippen molar-refractivity contribution in [3.05, 3.63) is 262 Å². The highest BCUT2D eigenvalue weighted by Gasteiger charge is 2.54. The molecule has 0 saturated carbocycles. The van der Waals surface area contributed by atoms with Gasteiger partial charge >= 0.3 is 0 Å². The number of halogens is 4. The molecule has 370 valence electrons. The van der Waals surface area contributed by atoms with E-state index in [2.05, 4.69) is 161 Å². The van der Waals surface area contributed by atoms with Gasteiger partial charge in [0.05, 0.1) is 37.6 Å². The zero-order chi connectivity index (χ0) is 51.8. The van der Waals surface area contributed by atoms with Gasteiger partial charge in [0, 0.05) is 59.9 Å². The first-order valence-corrected chi connectivity index (χ1v) is 27.5. The summed E-state index contributed by atoms with van der Waals surface area (Å²) in [7, 11) is 0. The molecule has 0 saturated heterocycles. The third kappa shape index (κ3) is 6.69. The number of benzene rings is 10. The van der Waals surface area contributed by atoms with E-state index in [9.17, 15) is 0 Å². The number of hydrogen-bond acceptors (Lipinski definition) is 4. The van der Waals surface area contributed by atoms with E-state index in [-0.39, 0.29) is 0 Å². The number of hydrogen-bond donors (Lipinski definition) is 0. The third-order valence-electron chi connectivity index (χ3n) is 16.3. The predicted octanol–water partition coefficient (Wildman–Crippen LogP) is 20.0. The Kier molecular flexibility index (Phi) is 10.6. The largest absolute Gasteiger partial charge is 0.309 e. The molecule has 2 aliphatic rings. The number of aryl methyl sites for hydroxylation is 2. The zero-order valence-corrected chi connectivity index (χ0v) is 43.7. The second-order valence-electron chi connectivity index (χ2n) is 20.7. The molecule has 8 heteroatoms. The van der Waals surface area contributed by atoms with Crippen molar-refractivity contribution in [2.75, 3.05) is 9.80 Å². The molecule has 12 aromatic rings. The Labute approximate surface area is 446 Å². The molecule has 1 spiro atoms. The summed E-state index contributed by atoms with van der Waals surface area (Å²) < 4.78 is 67.4. The lowest BCUT2D eigenvalue weighted by Crippen LogP contribution is -2.40. The second-order valence-corrected chi connectivity index (χ2v) is 22.7. The Morgan fingerprint density at radius 3 is 1.12 bits per heavy atom. The smallest absolute Gasteiger partial charge is 0.128 e. The Balaban J connectivity index is 1.07. The molecule has 0 bridgehead atoms. The lowest BCUT2D eigenvalue weighted by molar-refractivity contribution is 0.563. The Hall–Kier alpha value is -8.04. The van der Waals surface area contributed by atoms with E-state index in [1.54, 1.807) is 22.7 Å². The molecule has 10 aromatic carbocycles. The van der Waals surface area contributed by atoms with Crippen LogP contribution in [0.5, 0.6) is 0 Å². The maximum Gasteiger partial charge on any atom is 0.128 e. The Morgan fingerprint density at radius 1 is 0.355 bits per heavy atom. The summed E-state index contributed by atoms with van der Waals surface area (Å²) >= 11 is 3.42. The van der Waals surface area contributed by atoms with E-state index >= 15 is 17.6 Å². The van der Waals surface area contributed by atoms with Gasteiger partial charge in [0.1, 0.15) is 23.3 Å². The standard InChI is InChI=1S/C68H48F4N2S2/c1-5-39-15-11-17-51-53-19-13-25-61(65(53)75-63(39)51)73(47-33-41(69)31-42(70)34-47)45-27-29-49-50-30-28-46(38-60(50)68(59(49)37-45)57-23-9-7-21-55(57)67(3,4)56-22-8-10-24-58(56)68)74(48-35-43(71)32-44(72)36-48)62-26-14-20-54-52-18-12-16-40(6-2)64(52)76-66(54)62/h7-38H,5-6H2,1-4H3. The fourth-order valence-electron chi connectivity index (χ4n) is 13.0. The maximum atomic E-state index is 15.7. The SMILES string of the molecule is CCc1cccc2c1sc1c(N(c3cc(F)cc(F)c3)c3ccc4c(c3)C3(c5cc(N(c6cc(F)cc(F)c6)c6cccc7c6sc6c(CC)cccc67)ccc5-4)c4ccccc4C(C)(C)c4ccccc43)cccc12. The first-order chi connectivity index (χ1) is 37.0. The molecule has 76 heavy (non-hydrogen) atoms. The highest BCUT2D eigenvalue weighted by atomic mass is 32.1. The van der Waals surface area contributed by atoms with E-state index in [0.29, 0.717) is 11.4 Å². The summed E-state index contributed by atoms with van der Waals surface area (Å²) in [5, 5.41) is 4.44. The summed E-state index contributed by atoms with van der Waals surface area (Å²) in [6.45, 7) is 8.90. The van der Waals surface area contributed by atoms with Gasteiger partial charge in [0.25, 0.3) is 0 Å². The van der Waals surface area contributed by atoms with Gasteiger partial charge in [-0.25, -0.2) is 17.6 Å². The molecular formula is C68H48F4N2S2. The minimum Gasteiger partial charge on any atom is -0.309 e. The van der Waals surface area contributed by atoms with E-state index in [1.807, 2.05) is 34.1 Å². The van der Waals surface area contributed by atoms with Crippen molar-refractivity contribution in [3.8, 4) is 11.1 Å². The first-order valence-electron chi connectivity index (χ1n) is 25.9. The number of fused-ring (bicyclic) bond motifs is 15. The average Bonchev–Trinajstić information content (AvgIpc) is 4.29. The summed E-state index contributed by atoms with van der Waals surface area (Å²) in [6.07, 6.45) is 1.73. The number of thiophene rings is 2. The van der Waals surface area contributed by atoms with Crippen molar-refractivity contribution >= 4 is 97.1 Å². The van der Waals surface area contributed by atoms with Gasteiger partial charge in [-0.1, -0.05) is 149 Å². The van der Waals surface area contributed by atoms with Gasteiger partial charge < -0.3 is 9.80 Å². The summed E-state index contributed by atoms with van der Waals surface area (Å²) in [5.74, 6) is -2.70. The molecule has 0 atom stereocenters. The summed E-state index contributed by atoms with van der Waals surface area (Å²) in [6, 6.07) is 63.1. The topological polar surface area (TPSA) is 6.48 Å². The highest BCUT2D eigenvalue weighted by molar-refractivity contribution is 7.27. The van der Waals surface area contributed by atoms with Crippen LogP contribution in [-0.2, 0) is 23.7 Å². The summed E-state index contributed by atoms with van der Waals surface area (Å²) in [4.78, 5) is 4.02. The minimum atomic E-state index is -0.948. The first kappa shape index (κ1) is 46.5. The van der Waals surface area contributed by atoms with Crippen molar-refractivity contribution in [1.82, 2.24) is 0 Å². The maximum absolute atomic E-state index is 15.7. The van der Waals surface area contributed by atoms with Crippen LogP contribution < -0.4 is 9.80 Å². The van der Waals surface area contributed by atoms with E-state index in [1.165, 1.54) is 55.9 Å². The van der Waals surface area contributed by atoms with Crippen LogP contribution >= 0.6 is 22.7 Å². The molecule has 2 heterocycles. The van der Waals surface area contributed by atoms with Gasteiger partial charge in [-0.3, -0.25) is 0 Å². The molecule has 2 nitrogen and oxygen atoms in total. The average molecular weight is 1030 g/mol. The molecule has 0 radical (unpaired) electrons. The van der Waals surface area contributed by atoms with Crippen molar-refractivity contribution < 1.29 is 17.6 Å². The van der Waals surface area contributed by atoms with Gasteiger partial charge in [-0.15, -0.1) is 22.7 Å². The fraction of sp³-hybridized carbons (Fsp3) is 0.118. The summed E-state index contributed by atoms with van der Waals surface area (Å²) in [5.41, 5.74) is 13.5. The molecule has 2 aromatic heterocycles. The quantitative estimate of drug-likeness (QED) is 0.140. The monoisotopic (exact) mass is 1030 g/mol. The van der Waals surface area contributed by atoms with E-state index in [0.717, 1.165) is 112 Å². The lowest BCUT2D eigenvalue weighted by Gasteiger charge is -2.47. The second kappa shape index (κ2) is 17.2. The fourth-order valence-corrected chi connectivity index (χ4v) is 15.8. The van der Waals surface area contributed by atoms with Crippen molar-refractivity contribution in [2.45, 2.75) is 51.4 Å². The number of rotatable bonds is 8. The number of anilines is 6. The van der Waals surface area contributed by atoms with Crippen LogP contribution in [0.4, 0.5) is 51.7 Å². The molecule has 0 unspecified atom stereocenters. The molecule has 0 aliphatic heterocycles. The Bertz CT molecular complexity index is 4080. The third-order valence-corrected chi connectivity index (χ3v) is 18.9. The van der Waals surface area contributed by atoms with Crippen molar-refractivity contribution in [2.24, 2.45) is 0 Å². The van der Waals surface area contributed by atoms with E-state index in [4.69, 9.17) is 0 Å². The zero-order valence-electron chi connectivity index (χ0n) is 42.1. The van der Waals surface area contributed by atoms with Crippen LogP contribution in [0.1, 0.15) is 72.2 Å². The van der Waals surface area contributed by atoms with Crippen LogP contribution in [-0.4, -0.2) is 0 Å². The van der Waals surface area contributed by atoms with Crippen LogP contribution in [0.3, 0.4) is 0 Å². The predicted molar refractivity (Wildman–Crippen MR) is 310 cm³/mol. The molecule has 2 aliphatic carbocycles. The molecule has 14 rings (SSSR count). The van der Waals surface area contributed by atoms with E-state index < -0.39 is 34.1 Å². The van der Waals surface area contributed by atoms with Gasteiger partial charge in [0.2, 0.25) is 0 Å². The van der Waals surface area contributed by atoms with Crippen LogP contribution in [0.15, 0.2) is 194 Å². The van der Waals surface area contributed by atoms with Gasteiger partial charge in [-0.2, -0.15) is 0 Å². The lowest BCUT2D eigenvalue weighted by atomic mass is 9.55. The normalized spacial score (nSPS) is 13.8. The van der Waals surface area contributed by atoms with Crippen molar-refractivity contribution in [1.29, 1.82) is 0 Å². The molecule has 0 amide bonds. The van der Waals surface area contributed by atoms with Crippen molar-refractivity contribution in [3.63, 3.8) is 0 Å². The van der Waals surface area contributed by atoms with Gasteiger partial charge in [-0.05, 0) is 129 Å². The highest BCUT2D eigenvalue weighted by Crippen LogP contribution is 2.64. The minimum absolute atomic E-state index is 0.356. The molecule has 0 fully saturated rings. The Morgan fingerprint density at radius 2 is 0.724 bits per heavy atom.